The molecule has 0 amide bonds. The van der Waals surface area contributed by atoms with Crippen molar-refractivity contribution in [3.8, 4) is 11.5 Å². The molecule has 5 heteroatoms. The summed E-state index contributed by atoms with van der Waals surface area (Å²) in [5.74, 6) is 0.851. The number of aromatic nitrogens is 2. The third-order valence-corrected chi connectivity index (χ3v) is 4.80. The van der Waals surface area contributed by atoms with Gasteiger partial charge in [0.25, 0.3) is 0 Å². The molecule has 132 valence electrons. The van der Waals surface area contributed by atoms with Crippen LogP contribution in [0.1, 0.15) is 31.7 Å². The number of piperidine rings is 1. The molecule has 0 unspecified atom stereocenters. The predicted octanol–water partition coefficient (Wildman–Crippen LogP) is 4.21. The highest BCUT2D eigenvalue weighted by molar-refractivity contribution is 5.82. The highest BCUT2D eigenvalue weighted by Crippen LogP contribution is 2.29. The molecule has 2 aromatic heterocycles. The fourth-order valence-electron chi connectivity index (χ4n) is 3.57. The minimum atomic E-state index is 0.357. The van der Waals surface area contributed by atoms with E-state index in [9.17, 15) is 0 Å². The molecule has 5 nitrogen and oxygen atoms in total. The molecule has 0 spiro atoms. The predicted molar refractivity (Wildman–Crippen MR) is 98.3 cm³/mol. The molecular weight excluding hydrogens is 314 g/mol. The second-order valence-corrected chi connectivity index (χ2v) is 6.79. The zero-order valence-electron chi connectivity index (χ0n) is 14.7. The Morgan fingerprint density at radius 3 is 3.16 bits per heavy atom. The van der Waals surface area contributed by atoms with Crippen molar-refractivity contribution < 1.29 is 9.15 Å². The normalized spacial score (nSPS) is 18.8. The van der Waals surface area contributed by atoms with Crippen molar-refractivity contribution in [3.63, 3.8) is 0 Å². The number of furan rings is 1. The smallest absolute Gasteiger partial charge is 0.153 e. The van der Waals surface area contributed by atoms with Gasteiger partial charge in [0, 0.05) is 30.6 Å². The number of H-pyrrole nitrogens is 1. The molecular formula is C20H25N3O2. The molecule has 0 bridgehead atoms. The number of fused-ring (bicyclic) bond motifs is 1. The second kappa shape index (κ2) is 7.42. The Balaban J connectivity index is 1.49. The van der Waals surface area contributed by atoms with E-state index in [1.54, 1.807) is 0 Å². The summed E-state index contributed by atoms with van der Waals surface area (Å²) < 4.78 is 12.0. The molecule has 1 aromatic carbocycles. The highest BCUT2D eigenvalue weighted by atomic mass is 16.5. The first-order valence-electron chi connectivity index (χ1n) is 9.18. The molecule has 1 N–H and O–H groups in total. The van der Waals surface area contributed by atoms with Gasteiger partial charge in [-0.3, -0.25) is 10.00 Å². The average molecular weight is 339 g/mol. The molecule has 3 heterocycles. The van der Waals surface area contributed by atoms with Crippen molar-refractivity contribution >= 4 is 11.0 Å². The van der Waals surface area contributed by atoms with Crippen LogP contribution in [-0.4, -0.2) is 40.9 Å². The molecule has 1 fully saturated rings. The van der Waals surface area contributed by atoms with Gasteiger partial charge in [0.2, 0.25) is 0 Å². The van der Waals surface area contributed by atoms with Crippen LogP contribution in [0.2, 0.25) is 0 Å². The molecule has 1 atom stereocenters. The Hall–Kier alpha value is -2.11. The minimum Gasteiger partial charge on any atom is -0.454 e. The number of rotatable bonds is 6. The molecule has 0 saturated carbocycles. The van der Waals surface area contributed by atoms with Gasteiger partial charge >= 0.3 is 0 Å². The Kier molecular flexibility index (Phi) is 4.85. The molecule has 1 aliphatic heterocycles. The van der Waals surface area contributed by atoms with Crippen LogP contribution in [0.25, 0.3) is 22.4 Å². The van der Waals surface area contributed by atoms with Crippen LogP contribution in [0.15, 0.2) is 40.9 Å². The van der Waals surface area contributed by atoms with Crippen LogP contribution >= 0.6 is 0 Å². The highest BCUT2D eigenvalue weighted by Gasteiger charge is 2.22. The summed E-state index contributed by atoms with van der Waals surface area (Å²) in [7, 11) is 0. The fourth-order valence-corrected chi connectivity index (χ4v) is 3.57. The first kappa shape index (κ1) is 16.4. The van der Waals surface area contributed by atoms with Gasteiger partial charge in [-0.05, 0) is 37.9 Å². The lowest BCUT2D eigenvalue weighted by atomic mass is 10.1. The quantitative estimate of drug-likeness (QED) is 0.731. The number of hydrogen-bond donors (Lipinski definition) is 1. The first-order chi connectivity index (χ1) is 12.3. The summed E-state index contributed by atoms with van der Waals surface area (Å²) >= 11 is 0. The Labute approximate surface area is 148 Å². The number of likely N-dealkylation sites (tertiary alicyclic amines) is 1. The monoisotopic (exact) mass is 339 g/mol. The molecule has 1 saturated heterocycles. The maximum Gasteiger partial charge on any atom is 0.153 e. The first-order valence-corrected chi connectivity index (χ1v) is 9.18. The van der Waals surface area contributed by atoms with Crippen LogP contribution in [0.4, 0.5) is 0 Å². The topological polar surface area (TPSA) is 54.3 Å². The third-order valence-electron chi connectivity index (χ3n) is 4.80. The number of benzene rings is 1. The second-order valence-electron chi connectivity index (χ2n) is 6.79. The lowest BCUT2D eigenvalue weighted by molar-refractivity contribution is -0.00219. The molecule has 3 aromatic rings. The maximum absolute atomic E-state index is 6.00. The van der Waals surface area contributed by atoms with E-state index in [4.69, 9.17) is 9.15 Å². The number of aromatic amines is 1. The number of nitrogens with zero attached hydrogens (tertiary/aromatic N) is 2. The van der Waals surface area contributed by atoms with E-state index in [0.717, 1.165) is 61.5 Å². The Morgan fingerprint density at radius 1 is 1.36 bits per heavy atom. The lowest BCUT2D eigenvalue weighted by Gasteiger charge is -2.32. The van der Waals surface area contributed by atoms with Crippen molar-refractivity contribution in [3.05, 3.63) is 42.1 Å². The largest absolute Gasteiger partial charge is 0.454 e. The summed E-state index contributed by atoms with van der Waals surface area (Å²) in [5.41, 5.74) is 3.06. The summed E-state index contributed by atoms with van der Waals surface area (Å²) in [6.45, 7) is 5.98. The van der Waals surface area contributed by atoms with Gasteiger partial charge in [0.15, 0.2) is 5.76 Å². The number of para-hydroxylation sites is 1. The van der Waals surface area contributed by atoms with Crippen molar-refractivity contribution in [2.45, 2.75) is 38.8 Å². The van der Waals surface area contributed by atoms with Crippen LogP contribution in [0.5, 0.6) is 0 Å². The molecule has 0 radical (unpaired) electrons. The van der Waals surface area contributed by atoms with Crippen LogP contribution in [0, 0.1) is 0 Å². The van der Waals surface area contributed by atoms with E-state index in [1.165, 1.54) is 12.0 Å². The van der Waals surface area contributed by atoms with Gasteiger partial charge in [-0.2, -0.15) is 5.10 Å². The molecule has 1 aliphatic rings. The van der Waals surface area contributed by atoms with E-state index in [-0.39, 0.29) is 0 Å². The molecule has 0 aliphatic carbocycles. The average Bonchev–Trinajstić information content (AvgIpc) is 3.26. The van der Waals surface area contributed by atoms with Crippen molar-refractivity contribution in [1.29, 1.82) is 0 Å². The SMILES string of the molecule is CCCO[C@@H]1CCCN(Cc2cn[nH]c2-c2cc3ccccc3o2)C1. The van der Waals surface area contributed by atoms with Crippen molar-refractivity contribution in [2.75, 3.05) is 19.7 Å². The third kappa shape index (κ3) is 3.62. The minimum absolute atomic E-state index is 0.357. The number of ether oxygens (including phenoxy) is 1. The summed E-state index contributed by atoms with van der Waals surface area (Å²) in [4.78, 5) is 2.46. The summed E-state index contributed by atoms with van der Waals surface area (Å²) in [5, 5.41) is 8.49. The van der Waals surface area contributed by atoms with Crippen LogP contribution in [0.3, 0.4) is 0 Å². The standard InChI is InChI=1S/C20H25N3O2/c1-2-10-24-17-7-5-9-23(14-17)13-16-12-21-22-20(16)19-11-15-6-3-4-8-18(15)25-19/h3-4,6,8,11-12,17H,2,5,7,9-10,13-14H2,1H3,(H,21,22)/t17-/m1/s1. The summed E-state index contributed by atoms with van der Waals surface area (Å²) in [6, 6.07) is 10.2. The van der Waals surface area contributed by atoms with Gasteiger partial charge in [-0.25, -0.2) is 0 Å². The Bertz CT molecular complexity index is 790. The summed E-state index contributed by atoms with van der Waals surface area (Å²) in [6.07, 6.45) is 5.70. The van der Waals surface area contributed by atoms with E-state index >= 15 is 0 Å². The number of nitrogens with one attached hydrogen (secondary N) is 1. The molecule has 4 rings (SSSR count). The van der Waals surface area contributed by atoms with Gasteiger partial charge in [-0.15, -0.1) is 0 Å². The maximum atomic E-state index is 6.00. The van der Waals surface area contributed by atoms with Gasteiger partial charge in [0.1, 0.15) is 11.3 Å². The zero-order valence-corrected chi connectivity index (χ0v) is 14.7. The van der Waals surface area contributed by atoms with Crippen molar-refractivity contribution in [1.82, 2.24) is 15.1 Å². The Morgan fingerprint density at radius 2 is 2.28 bits per heavy atom. The fraction of sp³-hybridized carbons (Fsp3) is 0.450. The zero-order chi connectivity index (χ0) is 17.1. The van der Waals surface area contributed by atoms with E-state index in [1.807, 2.05) is 24.4 Å². The van der Waals surface area contributed by atoms with Crippen LogP contribution < -0.4 is 0 Å². The van der Waals surface area contributed by atoms with Gasteiger partial charge in [0.05, 0.1) is 12.3 Å². The van der Waals surface area contributed by atoms with Gasteiger partial charge < -0.3 is 9.15 Å². The van der Waals surface area contributed by atoms with E-state index < -0.39 is 0 Å². The lowest BCUT2D eigenvalue weighted by Crippen LogP contribution is -2.39. The number of hydrogen-bond acceptors (Lipinski definition) is 4. The van der Waals surface area contributed by atoms with E-state index in [0.29, 0.717) is 6.10 Å². The van der Waals surface area contributed by atoms with Gasteiger partial charge in [-0.1, -0.05) is 25.1 Å². The van der Waals surface area contributed by atoms with Crippen molar-refractivity contribution in [2.24, 2.45) is 0 Å². The van der Waals surface area contributed by atoms with E-state index in [2.05, 4.69) is 34.2 Å². The molecule has 25 heavy (non-hydrogen) atoms. The van der Waals surface area contributed by atoms with Crippen LogP contribution in [-0.2, 0) is 11.3 Å².